The number of nitrogens with one attached hydrogen (secondary N) is 2. The van der Waals surface area contributed by atoms with Crippen LogP contribution in [-0.4, -0.2) is 38.2 Å². The number of carbonyl (C=O) groups is 1. The lowest BCUT2D eigenvalue weighted by Gasteiger charge is -2.45. The number of piperidine rings is 1. The van der Waals surface area contributed by atoms with Gasteiger partial charge in [-0.2, -0.15) is 0 Å². The highest BCUT2D eigenvalue weighted by atomic mass is 16.5. The monoisotopic (exact) mass is 345 g/mol. The van der Waals surface area contributed by atoms with Gasteiger partial charge in [-0.1, -0.05) is 18.6 Å². The fourth-order valence-corrected chi connectivity index (χ4v) is 4.66. The first-order valence-electron chi connectivity index (χ1n) is 9.95. The first-order valence-corrected chi connectivity index (χ1v) is 9.95. The summed E-state index contributed by atoms with van der Waals surface area (Å²) in [5.74, 6) is 0.0605. The van der Waals surface area contributed by atoms with Crippen molar-refractivity contribution < 1.29 is 14.4 Å². The average molecular weight is 346 g/mol. The van der Waals surface area contributed by atoms with E-state index in [0.29, 0.717) is 6.61 Å². The lowest BCUT2D eigenvalue weighted by molar-refractivity contribution is -0.957. The third-order valence-electron chi connectivity index (χ3n) is 6.13. The molecule has 138 valence electrons. The standard InChI is InChI=1S/C21H32N2O2/c1-25-16-18-8-10-19(11-9-18)20(24)22-17-21(12-4-2-5-13-21)23-14-6-3-7-15-23/h8-11H,2-7,12-17H2,1H3,(H,22,24)/p+1. The van der Waals surface area contributed by atoms with E-state index < -0.39 is 0 Å². The van der Waals surface area contributed by atoms with Gasteiger partial charge in [-0.15, -0.1) is 0 Å². The summed E-state index contributed by atoms with van der Waals surface area (Å²) in [6.45, 7) is 3.97. The highest BCUT2D eigenvalue weighted by molar-refractivity contribution is 5.94. The van der Waals surface area contributed by atoms with Crippen LogP contribution in [-0.2, 0) is 11.3 Å². The van der Waals surface area contributed by atoms with Gasteiger partial charge < -0.3 is 15.0 Å². The molecule has 0 radical (unpaired) electrons. The molecule has 1 aromatic carbocycles. The van der Waals surface area contributed by atoms with Gasteiger partial charge >= 0.3 is 0 Å². The zero-order chi connectivity index (χ0) is 17.5. The van der Waals surface area contributed by atoms with Crippen LogP contribution in [0.5, 0.6) is 0 Å². The van der Waals surface area contributed by atoms with Gasteiger partial charge in [0.05, 0.1) is 26.2 Å². The maximum atomic E-state index is 12.6. The van der Waals surface area contributed by atoms with Crippen LogP contribution in [0.3, 0.4) is 0 Å². The Bertz CT molecular complexity index is 544. The summed E-state index contributed by atoms with van der Waals surface area (Å²) in [5, 5.41) is 3.27. The number of hydrogen-bond acceptors (Lipinski definition) is 2. The second kappa shape index (κ2) is 8.81. The van der Waals surface area contributed by atoms with E-state index in [0.717, 1.165) is 17.7 Å². The normalized spacial score (nSPS) is 21.0. The number of quaternary nitrogens is 1. The van der Waals surface area contributed by atoms with Crippen molar-refractivity contribution in [3.63, 3.8) is 0 Å². The van der Waals surface area contributed by atoms with Crippen LogP contribution in [0, 0.1) is 0 Å². The van der Waals surface area contributed by atoms with Crippen molar-refractivity contribution in [2.24, 2.45) is 0 Å². The van der Waals surface area contributed by atoms with E-state index in [1.807, 2.05) is 24.3 Å². The lowest BCUT2D eigenvalue weighted by atomic mass is 9.79. The molecular weight excluding hydrogens is 312 g/mol. The van der Waals surface area contributed by atoms with Gasteiger partial charge in [-0.3, -0.25) is 4.79 Å². The highest BCUT2D eigenvalue weighted by Crippen LogP contribution is 2.26. The summed E-state index contributed by atoms with van der Waals surface area (Å²) in [6, 6.07) is 7.77. The molecule has 4 heteroatoms. The molecule has 1 aromatic rings. The molecule has 3 rings (SSSR count). The molecule has 1 saturated heterocycles. The van der Waals surface area contributed by atoms with Crippen molar-refractivity contribution in [1.29, 1.82) is 0 Å². The van der Waals surface area contributed by atoms with E-state index >= 15 is 0 Å². The second-order valence-electron chi connectivity index (χ2n) is 7.82. The smallest absolute Gasteiger partial charge is 0.251 e. The van der Waals surface area contributed by atoms with Crippen LogP contribution in [0.1, 0.15) is 67.3 Å². The SMILES string of the molecule is COCc1ccc(C(=O)NCC2([NH+]3CCCCC3)CCCCC2)cc1. The minimum atomic E-state index is 0.0605. The van der Waals surface area contributed by atoms with E-state index in [4.69, 9.17) is 4.74 Å². The fraction of sp³-hybridized carbons (Fsp3) is 0.667. The maximum Gasteiger partial charge on any atom is 0.251 e. The third-order valence-corrected chi connectivity index (χ3v) is 6.13. The molecule has 1 aliphatic carbocycles. The molecular formula is C21H33N2O2+. The van der Waals surface area contributed by atoms with Crippen molar-refractivity contribution in [3.8, 4) is 0 Å². The summed E-state index contributed by atoms with van der Waals surface area (Å²) >= 11 is 0. The van der Waals surface area contributed by atoms with Crippen LogP contribution in [0.2, 0.25) is 0 Å². The van der Waals surface area contributed by atoms with Gasteiger partial charge in [0.2, 0.25) is 0 Å². The Morgan fingerprint density at radius 3 is 2.32 bits per heavy atom. The van der Waals surface area contributed by atoms with Gasteiger partial charge in [-0.25, -0.2) is 0 Å². The number of carbonyl (C=O) groups excluding carboxylic acids is 1. The summed E-state index contributed by atoms with van der Waals surface area (Å²) in [5.41, 5.74) is 2.12. The number of benzene rings is 1. The number of likely N-dealkylation sites (tertiary alicyclic amines) is 1. The predicted octanol–water partition coefficient (Wildman–Crippen LogP) is 2.33. The van der Waals surface area contributed by atoms with Crippen LogP contribution in [0.25, 0.3) is 0 Å². The Morgan fingerprint density at radius 1 is 1.04 bits per heavy atom. The van der Waals surface area contributed by atoms with E-state index in [9.17, 15) is 4.79 Å². The molecule has 2 N–H and O–H groups in total. The van der Waals surface area contributed by atoms with Gasteiger partial charge in [0.1, 0.15) is 5.54 Å². The molecule has 0 aromatic heterocycles. The van der Waals surface area contributed by atoms with E-state index in [1.165, 1.54) is 64.5 Å². The maximum absolute atomic E-state index is 12.6. The molecule has 1 heterocycles. The predicted molar refractivity (Wildman–Crippen MR) is 99.9 cm³/mol. The molecule has 1 amide bonds. The number of hydrogen-bond donors (Lipinski definition) is 2. The summed E-state index contributed by atoms with van der Waals surface area (Å²) in [6.07, 6.45) is 10.5. The Hall–Kier alpha value is -1.39. The molecule has 1 aliphatic heterocycles. The Kier molecular flexibility index (Phi) is 6.49. The number of amides is 1. The minimum Gasteiger partial charge on any atom is -0.380 e. The molecule has 2 fully saturated rings. The van der Waals surface area contributed by atoms with Crippen LogP contribution < -0.4 is 10.2 Å². The summed E-state index contributed by atoms with van der Waals surface area (Å²) in [7, 11) is 1.69. The van der Waals surface area contributed by atoms with Gasteiger partial charge in [0.15, 0.2) is 0 Å². The number of methoxy groups -OCH3 is 1. The first-order chi connectivity index (χ1) is 12.2. The van der Waals surface area contributed by atoms with Gasteiger partial charge in [0, 0.05) is 25.5 Å². The largest absolute Gasteiger partial charge is 0.380 e. The fourth-order valence-electron chi connectivity index (χ4n) is 4.66. The Morgan fingerprint density at radius 2 is 1.68 bits per heavy atom. The van der Waals surface area contributed by atoms with E-state index in [1.54, 1.807) is 12.0 Å². The zero-order valence-electron chi connectivity index (χ0n) is 15.6. The van der Waals surface area contributed by atoms with Crippen molar-refractivity contribution in [2.75, 3.05) is 26.7 Å². The second-order valence-corrected chi connectivity index (χ2v) is 7.82. The molecule has 1 saturated carbocycles. The van der Waals surface area contributed by atoms with Crippen LogP contribution in [0.15, 0.2) is 24.3 Å². The van der Waals surface area contributed by atoms with E-state index in [2.05, 4.69) is 5.32 Å². The van der Waals surface area contributed by atoms with Gasteiger partial charge in [0.25, 0.3) is 5.91 Å². The van der Waals surface area contributed by atoms with Crippen LogP contribution >= 0.6 is 0 Å². The van der Waals surface area contributed by atoms with Crippen LogP contribution in [0.4, 0.5) is 0 Å². The van der Waals surface area contributed by atoms with Crippen molar-refractivity contribution in [1.82, 2.24) is 5.32 Å². The average Bonchev–Trinajstić information content (AvgIpc) is 2.68. The lowest BCUT2D eigenvalue weighted by Crippen LogP contribution is -3.22. The zero-order valence-corrected chi connectivity index (χ0v) is 15.6. The minimum absolute atomic E-state index is 0.0605. The van der Waals surface area contributed by atoms with Crippen molar-refractivity contribution >= 4 is 5.91 Å². The van der Waals surface area contributed by atoms with Crippen molar-refractivity contribution in [3.05, 3.63) is 35.4 Å². The van der Waals surface area contributed by atoms with Crippen molar-refractivity contribution in [2.45, 2.75) is 63.5 Å². The number of ether oxygens (including phenoxy) is 1. The Labute approximate surface area is 151 Å². The van der Waals surface area contributed by atoms with E-state index in [-0.39, 0.29) is 11.4 Å². The van der Waals surface area contributed by atoms with Gasteiger partial charge in [-0.05, 0) is 49.8 Å². The number of rotatable bonds is 6. The molecule has 0 unspecified atom stereocenters. The molecule has 4 nitrogen and oxygen atoms in total. The highest BCUT2D eigenvalue weighted by Gasteiger charge is 2.42. The third kappa shape index (κ3) is 4.62. The summed E-state index contributed by atoms with van der Waals surface area (Å²) in [4.78, 5) is 14.4. The molecule has 0 bridgehead atoms. The Balaban J connectivity index is 1.62. The molecule has 25 heavy (non-hydrogen) atoms. The first kappa shape index (κ1) is 18.4. The summed E-state index contributed by atoms with van der Waals surface area (Å²) < 4.78 is 5.13. The quantitative estimate of drug-likeness (QED) is 0.831. The molecule has 0 spiro atoms. The topological polar surface area (TPSA) is 42.8 Å². The molecule has 0 atom stereocenters. The molecule has 2 aliphatic rings.